The van der Waals surface area contributed by atoms with Crippen LogP contribution in [-0.2, 0) is 0 Å². The number of aromatic nitrogens is 2. The van der Waals surface area contributed by atoms with E-state index in [9.17, 15) is 0 Å². The first-order chi connectivity index (χ1) is 9.77. The largest absolute Gasteiger partial charge is 0.338 e. The summed E-state index contributed by atoms with van der Waals surface area (Å²) in [7, 11) is 0. The van der Waals surface area contributed by atoms with Gasteiger partial charge in [0, 0.05) is 5.92 Å². The van der Waals surface area contributed by atoms with Crippen LogP contribution in [0.4, 0.5) is 0 Å². The fourth-order valence-electron chi connectivity index (χ4n) is 3.39. The van der Waals surface area contributed by atoms with Gasteiger partial charge in [-0.1, -0.05) is 39.8 Å². The first kappa shape index (κ1) is 16.5. The zero-order valence-corrected chi connectivity index (χ0v) is 14.2. The fourth-order valence-corrected chi connectivity index (χ4v) is 3.39. The lowest BCUT2D eigenvalue weighted by molar-refractivity contribution is 0.166. The summed E-state index contributed by atoms with van der Waals surface area (Å²) in [5.74, 6) is 3.28. The SMILES string of the molecule is CC(C)CC(N)c1nc(C2CCC(C(C)(C)C)CC2)no1. The molecule has 1 aromatic rings. The summed E-state index contributed by atoms with van der Waals surface area (Å²) >= 11 is 0. The van der Waals surface area contributed by atoms with Gasteiger partial charge < -0.3 is 10.3 Å². The van der Waals surface area contributed by atoms with Gasteiger partial charge >= 0.3 is 0 Å². The van der Waals surface area contributed by atoms with Crippen LogP contribution in [0.15, 0.2) is 4.52 Å². The molecular weight excluding hydrogens is 262 g/mol. The van der Waals surface area contributed by atoms with Crippen LogP contribution in [-0.4, -0.2) is 10.1 Å². The molecule has 1 aromatic heterocycles. The van der Waals surface area contributed by atoms with Gasteiger partial charge in [0.15, 0.2) is 5.82 Å². The topological polar surface area (TPSA) is 64.9 Å². The highest BCUT2D eigenvalue weighted by molar-refractivity contribution is 5.00. The summed E-state index contributed by atoms with van der Waals surface area (Å²) in [6.07, 6.45) is 5.74. The second kappa shape index (κ2) is 6.47. The van der Waals surface area contributed by atoms with Gasteiger partial charge in [-0.3, -0.25) is 0 Å². The second-order valence-electron chi connectivity index (χ2n) is 8.14. The molecule has 1 aliphatic carbocycles. The molecule has 0 amide bonds. The van der Waals surface area contributed by atoms with Gasteiger partial charge in [-0.05, 0) is 49.4 Å². The highest BCUT2D eigenvalue weighted by atomic mass is 16.5. The average Bonchev–Trinajstić information content (AvgIpc) is 2.86. The smallest absolute Gasteiger partial charge is 0.243 e. The molecule has 0 bridgehead atoms. The van der Waals surface area contributed by atoms with Crippen molar-refractivity contribution in [2.24, 2.45) is 23.0 Å². The summed E-state index contributed by atoms with van der Waals surface area (Å²) in [6.45, 7) is 11.3. The van der Waals surface area contributed by atoms with E-state index in [-0.39, 0.29) is 6.04 Å². The summed E-state index contributed by atoms with van der Waals surface area (Å²) in [6, 6.07) is -0.128. The van der Waals surface area contributed by atoms with Gasteiger partial charge in [0.25, 0.3) is 0 Å². The number of rotatable bonds is 4. The summed E-state index contributed by atoms with van der Waals surface area (Å²) in [5.41, 5.74) is 6.53. The Labute approximate surface area is 128 Å². The molecule has 4 nitrogen and oxygen atoms in total. The van der Waals surface area contributed by atoms with E-state index in [1.54, 1.807) is 0 Å². The predicted octanol–water partition coefficient (Wildman–Crippen LogP) is 4.44. The molecule has 1 aliphatic rings. The third-order valence-electron chi connectivity index (χ3n) is 4.82. The van der Waals surface area contributed by atoms with Gasteiger partial charge in [-0.2, -0.15) is 4.98 Å². The Bertz CT molecular complexity index is 439. The Morgan fingerprint density at radius 2 is 1.81 bits per heavy atom. The molecule has 1 heterocycles. The van der Waals surface area contributed by atoms with Crippen molar-refractivity contribution < 1.29 is 4.52 Å². The first-order valence-electron chi connectivity index (χ1n) is 8.36. The van der Waals surface area contributed by atoms with Crippen LogP contribution >= 0.6 is 0 Å². The molecule has 0 aromatic carbocycles. The minimum atomic E-state index is -0.128. The fraction of sp³-hybridized carbons (Fsp3) is 0.882. The average molecular weight is 293 g/mol. The standard InChI is InChI=1S/C17H31N3O/c1-11(2)10-14(18)16-19-15(20-21-16)12-6-8-13(9-7-12)17(3,4)5/h11-14H,6-10,18H2,1-5H3. The van der Waals surface area contributed by atoms with E-state index >= 15 is 0 Å². The minimum Gasteiger partial charge on any atom is -0.338 e. The molecule has 1 unspecified atom stereocenters. The molecule has 0 saturated heterocycles. The van der Waals surface area contributed by atoms with E-state index in [1.165, 1.54) is 25.7 Å². The van der Waals surface area contributed by atoms with Gasteiger partial charge in [-0.25, -0.2) is 0 Å². The quantitative estimate of drug-likeness (QED) is 0.891. The molecule has 21 heavy (non-hydrogen) atoms. The van der Waals surface area contributed by atoms with Crippen molar-refractivity contribution in [3.63, 3.8) is 0 Å². The molecule has 1 atom stereocenters. The van der Waals surface area contributed by atoms with Crippen LogP contribution in [0.3, 0.4) is 0 Å². The summed E-state index contributed by atoms with van der Waals surface area (Å²) < 4.78 is 5.39. The number of hydrogen-bond donors (Lipinski definition) is 1. The maximum Gasteiger partial charge on any atom is 0.243 e. The van der Waals surface area contributed by atoms with Crippen molar-refractivity contribution in [1.29, 1.82) is 0 Å². The van der Waals surface area contributed by atoms with Gasteiger partial charge in [0.2, 0.25) is 5.89 Å². The zero-order valence-electron chi connectivity index (χ0n) is 14.2. The Morgan fingerprint density at radius 1 is 1.19 bits per heavy atom. The van der Waals surface area contributed by atoms with Crippen LogP contribution in [0.25, 0.3) is 0 Å². The van der Waals surface area contributed by atoms with Crippen LogP contribution in [0.5, 0.6) is 0 Å². The molecule has 0 radical (unpaired) electrons. The summed E-state index contributed by atoms with van der Waals surface area (Å²) in [4.78, 5) is 4.57. The van der Waals surface area contributed by atoms with E-state index in [1.807, 2.05) is 0 Å². The number of nitrogens with two attached hydrogens (primary N) is 1. The Kier molecular flexibility index (Phi) is 5.07. The van der Waals surface area contributed by atoms with Crippen molar-refractivity contribution in [3.05, 3.63) is 11.7 Å². The lowest BCUT2D eigenvalue weighted by Crippen LogP contribution is -2.25. The minimum absolute atomic E-state index is 0.128. The Hall–Kier alpha value is -0.900. The molecular formula is C17H31N3O. The molecule has 0 aliphatic heterocycles. The maximum atomic E-state index is 6.12. The van der Waals surface area contributed by atoms with E-state index in [0.29, 0.717) is 23.1 Å². The highest BCUT2D eigenvalue weighted by Gasteiger charge is 2.32. The number of nitrogens with zero attached hydrogens (tertiary/aromatic N) is 2. The predicted molar refractivity (Wildman–Crippen MR) is 84.8 cm³/mol. The highest BCUT2D eigenvalue weighted by Crippen LogP contribution is 2.42. The van der Waals surface area contributed by atoms with E-state index < -0.39 is 0 Å². The van der Waals surface area contributed by atoms with Crippen molar-refractivity contribution in [2.75, 3.05) is 0 Å². The van der Waals surface area contributed by atoms with E-state index in [2.05, 4.69) is 44.8 Å². The number of hydrogen-bond acceptors (Lipinski definition) is 4. The van der Waals surface area contributed by atoms with Crippen LogP contribution in [0, 0.1) is 17.3 Å². The third kappa shape index (κ3) is 4.29. The van der Waals surface area contributed by atoms with Crippen LogP contribution in [0.2, 0.25) is 0 Å². The van der Waals surface area contributed by atoms with Crippen molar-refractivity contribution in [1.82, 2.24) is 10.1 Å². The molecule has 4 heteroatoms. The zero-order chi connectivity index (χ0) is 15.6. The molecule has 2 rings (SSSR count). The van der Waals surface area contributed by atoms with Crippen molar-refractivity contribution in [2.45, 2.75) is 78.7 Å². The molecule has 1 saturated carbocycles. The van der Waals surface area contributed by atoms with Gasteiger partial charge in [0.05, 0.1) is 6.04 Å². The van der Waals surface area contributed by atoms with Crippen molar-refractivity contribution in [3.8, 4) is 0 Å². The molecule has 120 valence electrons. The van der Waals surface area contributed by atoms with Crippen molar-refractivity contribution >= 4 is 0 Å². The lowest BCUT2D eigenvalue weighted by Gasteiger charge is -2.36. The maximum absolute atomic E-state index is 6.12. The van der Waals surface area contributed by atoms with E-state index in [4.69, 9.17) is 10.3 Å². The lowest BCUT2D eigenvalue weighted by atomic mass is 9.70. The molecule has 1 fully saturated rings. The Morgan fingerprint density at radius 3 is 2.33 bits per heavy atom. The van der Waals surface area contributed by atoms with Gasteiger partial charge in [0.1, 0.15) is 0 Å². The Balaban J connectivity index is 1.94. The normalized spacial score (nSPS) is 25.3. The van der Waals surface area contributed by atoms with Crippen LogP contribution < -0.4 is 5.73 Å². The second-order valence-corrected chi connectivity index (χ2v) is 8.14. The summed E-state index contributed by atoms with van der Waals surface area (Å²) in [5, 5.41) is 4.19. The monoisotopic (exact) mass is 293 g/mol. The van der Waals surface area contributed by atoms with Crippen LogP contribution in [0.1, 0.15) is 90.4 Å². The van der Waals surface area contributed by atoms with Gasteiger partial charge in [-0.15, -0.1) is 0 Å². The third-order valence-corrected chi connectivity index (χ3v) is 4.82. The molecule has 2 N–H and O–H groups in total. The van der Waals surface area contributed by atoms with E-state index in [0.717, 1.165) is 18.2 Å². The molecule has 0 spiro atoms. The first-order valence-corrected chi connectivity index (χ1v) is 8.36.